The van der Waals surface area contributed by atoms with Gasteiger partial charge in [-0.25, -0.2) is 4.39 Å². The maximum Gasteiger partial charge on any atom is 0.145 e. The fraction of sp³-hybridized carbons (Fsp3) is 0.400. The molecule has 4 heteroatoms. The number of aromatic nitrogens is 1. The van der Waals surface area contributed by atoms with Crippen LogP contribution >= 0.6 is 11.6 Å². The van der Waals surface area contributed by atoms with E-state index >= 15 is 0 Å². The average Bonchev–Trinajstić information content (AvgIpc) is 2.14. The van der Waals surface area contributed by atoms with Crippen LogP contribution in [0.2, 0.25) is 5.02 Å². The fourth-order valence-electron chi connectivity index (χ4n) is 1.05. The lowest BCUT2D eigenvalue weighted by atomic mass is 9.90. The summed E-state index contributed by atoms with van der Waals surface area (Å²) in [5.41, 5.74) is -0.0456. The van der Waals surface area contributed by atoms with E-state index in [1.807, 2.05) is 0 Å². The van der Waals surface area contributed by atoms with E-state index in [9.17, 15) is 4.39 Å². The molecule has 0 spiro atoms. The zero-order valence-electron chi connectivity index (χ0n) is 8.23. The highest BCUT2D eigenvalue weighted by Gasteiger charge is 2.26. The molecule has 0 unspecified atom stereocenters. The average molecular weight is 213 g/mol. The van der Waals surface area contributed by atoms with Crippen molar-refractivity contribution in [1.29, 1.82) is 5.26 Å². The van der Waals surface area contributed by atoms with Crippen molar-refractivity contribution in [2.75, 3.05) is 0 Å². The summed E-state index contributed by atoms with van der Waals surface area (Å²) in [6.07, 6.45) is 1.09. The molecule has 1 rings (SSSR count). The quantitative estimate of drug-likeness (QED) is 0.718. The summed E-state index contributed by atoms with van der Waals surface area (Å²) in [4.78, 5) is 3.85. The first kappa shape index (κ1) is 10.9. The van der Waals surface area contributed by atoms with Crippen molar-refractivity contribution < 1.29 is 4.39 Å². The Kier molecular flexibility index (Phi) is 2.77. The van der Waals surface area contributed by atoms with E-state index in [-0.39, 0.29) is 5.02 Å². The van der Waals surface area contributed by atoms with Gasteiger partial charge in [0.1, 0.15) is 5.82 Å². The molecule has 0 radical (unpaired) electrons. The highest BCUT2D eigenvalue weighted by molar-refractivity contribution is 6.32. The van der Waals surface area contributed by atoms with Gasteiger partial charge in [-0.05, 0) is 20.8 Å². The van der Waals surface area contributed by atoms with Gasteiger partial charge in [0.15, 0.2) is 0 Å². The van der Waals surface area contributed by atoms with Gasteiger partial charge in [0.05, 0.1) is 28.4 Å². The number of hydrogen-bond donors (Lipinski definition) is 0. The summed E-state index contributed by atoms with van der Waals surface area (Å²) in [5.74, 6) is -0.451. The van der Waals surface area contributed by atoms with Crippen LogP contribution in [0.4, 0.5) is 4.39 Å². The molecule has 0 saturated carbocycles. The van der Waals surface area contributed by atoms with Gasteiger partial charge < -0.3 is 0 Å². The molecule has 14 heavy (non-hydrogen) atoms. The Labute approximate surface area is 87.3 Å². The van der Waals surface area contributed by atoms with Gasteiger partial charge in [0.25, 0.3) is 0 Å². The minimum atomic E-state index is -0.796. The van der Waals surface area contributed by atoms with Gasteiger partial charge in [0.2, 0.25) is 0 Å². The van der Waals surface area contributed by atoms with Crippen LogP contribution in [-0.2, 0) is 5.41 Å². The van der Waals surface area contributed by atoms with Crippen molar-refractivity contribution in [1.82, 2.24) is 4.98 Å². The first-order chi connectivity index (χ1) is 6.40. The first-order valence-corrected chi connectivity index (χ1v) is 4.50. The van der Waals surface area contributed by atoms with Crippen LogP contribution in [0, 0.1) is 24.1 Å². The van der Waals surface area contributed by atoms with Crippen LogP contribution < -0.4 is 0 Å². The second kappa shape index (κ2) is 3.55. The lowest BCUT2D eigenvalue weighted by Crippen LogP contribution is -2.17. The highest BCUT2D eigenvalue weighted by Crippen LogP contribution is 2.30. The molecule has 0 N–H and O–H groups in total. The maximum absolute atomic E-state index is 13.0. The molecule has 0 bridgehead atoms. The van der Waals surface area contributed by atoms with Crippen LogP contribution in [0.25, 0.3) is 0 Å². The SMILES string of the molecule is Cc1c(F)cnc(C(C)(C)C#N)c1Cl. The number of halogens is 2. The van der Waals surface area contributed by atoms with Gasteiger partial charge in [0, 0.05) is 5.56 Å². The van der Waals surface area contributed by atoms with Crippen LogP contribution in [0.3, 0.4) is 0 Å². The maximum atomic E-state index is 13.0. The third kappa shape index (κ3) is 1.71. The molecule has 0 aliphatic rings. The molecule has 74 valence electrons. The van der Waals surface area contributed by atoms with Gasteiger partial charge in [-0.3, -0.25) is 4.98 Å². The lowest BCUT2D eigenvalue weighted by Gasteiger charge is -2.17. The third-order valence-corrected chi connectivity index (χ3v) is 2.54. The summed E-state index contributed by atoms with van der Waals surface area (Å²) >= 11 is 5.91. The number of pyridine rings is 1. The predicted molar refractivity (Wildman–Crippen MR) is 52.6 cm³/mol. The summed E-state index contributed by atoms with van der Waals surface area (Å²) in [7, 11) is 0. The Balaban J connectivity index is 3.41. The smallest absolute Gasteiger partial charge is 0.145 e. The minimum absolute atomic E-state index is 0.233. The van der Waals surface area contributed by atoms with Crippen molar-refractivity contribution in [2.24, 2.45) is 0 Å². The molecule has 0 fully saturated rings. The summed E-state index contributed by atoms with van der Waals surface area (Å²) < 4.78 is 13.0. The number of nitrogens with zero attached hydrogens (tertiary/aromatic N) is 2. The molecule has 0 atom stereocenters. The molecular formula is C10H10ClFN2. The van der Waals surface area contributed by atoms with Crippen molar-refractivity contribution >= 4 is 11.6 Å². The van der Waals surface area contributed by atoms with Crippen LogP contribution in [0.1, 0.15) is 25.1 Å². The third-order valence-electron chi connectivity index (χ3n) is 2.07. The largest absolute Gasteiger partial charge is 0.255 e. The van der Waals surface area contributed by atoms with Gasteiger partial charge in [-0.2, -0.15) is 5.26 Å². The molecular weight excluding hydrogens is 203 g/mol. The Morgan fingerprint density at radius 3 is 2.64 bits per heavy atom. The fourth-order valence-corrected chi connectivity index (χ4v) is 1.42. The van der Waals surface area contributed by atoms with E-state index in [1.54, 1.807) is 20.8 Å². The number of hydrogen-bond acceptors (Lipinski definition) is 2. The molecule has 0 amide bonds. The molecule has 0 aliphatic heterocycles. The normalized spacial score (nSPS) is 11.1. The van der Waals surface area contributed by atoms with Crippen molar-refractivity contribution in [2.45, 2.75) is 26.2 Å². The van der Waals surface area contributed by atoms with E-state index < -0.39 is 11.2 Å². The van der Waals surface area contributed by atoms with Crippen LogP contribution in [0.15, 0.2) is 6.20 Å². The molecule has 0 saturated heterocycles. The predicted octanol–water partition coefficient (Wildman–Crippen LogP) is 2.98. The Morgan fingerprint density at radius 2 is 2.14 bits per heavy atom. The molecule has 2 nitrogen and oxygen atoms in total. The Bertz CT molecular complexity index is 407. The summed E-state index contributed by atoms with van der Waals surface area (Å²) in [5, 5.41) is 9.12. The second-order valence-corrected chi connectivity index (χ2v) is 4.01. The summed E-state index contributed by atoms with van der Waals surface area (Å²) in [6.45, 7) is 4.95. The zero-order chi connectivity index (χ0) is 10.9. The number of nitriles is 1. The lowest BCUT2D eigenvalue weighted by molar-refractivity contribution is 0.596. The Hall–Kier alpha value is -1.14. The molecule has 0 aromatic carbocycles. The van der Waals surface area contributed by atoms with Crippen LogP contribution in [0.5, 0.6) is 0 Å². The standard InChI is InChI=1S/C10H10ClFN2/c1-6-7(12)4-14-9(8(6)11)10(2,3)5-13/h4H,1-3H3. The van der Waals surface area contributed by atoms with E-state index in [0.717, 1.165) is 6.20 Å². The first-order valence-electron chi connectivity index (χ1n) is 4.12. The van der Waals surface area contributed by atoms with E-state index in [0.29, 0.717) is 11.3 Å². The van der Waals surface area contributed by atoms with Gasteiger partial charge >= 0.3 is 0 Å². The monoisotopic (exact) mass is 212 g/mol. The molecule has 1 aromatic heterocycles. The molecule has 1 heterocycles. The van der Waals surface area contributed by atoms with Gasteiger partial charge in [-0.1, -0.05) is 11.6 Å². The van der Waals surface area contributed by atoms with Crippen LogP contribution in [-0.4, -0.2) is 4.98 Å². The minimum Gasteiger partial charge on any atom is -0.255 e. The van der Waals surface area contributed by atoms with Crippen molar-refractivity contribution in [3.63, 3.8) is 0 Å². The van der Waals surface area contributed by atoms with Crippen molar-refractivity contribution in [3.05, 3.63) is 28.3 Å². The second-order valence-electron chi connectivity index (χ2n) is 3.63. The molecule has 0 aliphatic carbocycles. The zero-order valence-corrected chi connectivity index (χ0v) is 8.98. The van der Waals surface area contributed by atoms with E-state index in [4.69, 9.17) is 16.9 Å². The Morgan fingerprint density at radius 1 is 1.57 bits per heavy atom. The highest BCUT2D eigenvalue weighted by atomic mass is 35.5. The molecule has 1 aromatic rings. The van der Waals surface area contributed by atoms with E-state index in [2.05, 4.69) is 11.1 Å². The topological polar surface area (TPSA) is 36.7 Å². The van der Waals surface area contributed by atoms with E-state index in [1.165, 1.54) is 0 Å². The van der Waals surface area contributed by atoms with Gasteiger partial charge in [-0.15, -0.1) is 0 Å². The van der Waals surface area contributed by atoms with Crippen molar-refractivity contribution in [3.8, 4) is 6.07 Å². The number of rotatable bonds is 1. The summed E-state index contributed by atoms with van der Waals surface area (Å²) in [6, 6.07) is 2.08.